The quantitative estimate of drug-likeness (QED) is 0.467. The van der Waals surface area contributed by atoms with Crippen LogP contribution in [0.1, 0.15) is 20.3 Å². The van der Waals surface area contributed by atoms with Crippen LogP contribution in [0.3, 0.4) is 0 Å². The van der Waals surface area contributed by atoms with Crippen LogP contribution in [0.4, 0.5) is 0 Å². The minimum atomic E-state index is 0.602. The largest absolute Gasteiger partial charge is 0.269 e. The van der Waals surface area contributed by atoms with Crippen LogP contribution in [-0.2, 0) is 0 Å². The van der Waals surface area contributed by atoms with Gasteiger partial charge in [0.2, 0.25) is 0 Å². The fraction of sp³-hybridized carbons (Fsp3) is 1.00. The summed E-state index contributed by atoms with van der Waals surface area (Å²) in [5.41, 5.74) is 0. The minimum absolute atomic E-state index is 0.602. The van der Waals surface area contributed by atoms with Gasteiger partial charge in [0.05, 0.1) is 0 Å². The summed E-state index contributed by atoms with van der Waals surface area (Å²) in [6, 6.07) is 0.602. The zero-order valence-electron chi connectivity index (χ0n) is 5.59. The third-order valence-electron chi connectivity index (χ3n) is 1.83. The lowest BCUT2D eigenvalue weighted by atomic mass is 10.1. The third kappa shape index (κ3) is 1.01. The molecule has 2 atom stereocenters. The minimum Gasteiger partial charge on any atom is -0.269 e. The maximum atomic E-state index is 5.60. The molecule has 1 aliphatic heterocycles. The first-order valence-electron chi connectivity index (χ1n) is 3.21. The van der Waals surface area contributed by atoms with E-state index in [-0.39, 0.29) is 0 Å². The van der Waals surface area contributed by atoms with Gasteiger partial charge in [0.15, 0.2) is 0 Å². The molecule has 1 heterocycles. The van der Waals surface area contributed by atoms with Crippen molar-refractivity contribution in [2.75, 3.05) is 6.54 Å². The van der Waals surface area contributed by atoms with Crippen LogP contribution < -0.4 is 5.84 Å². The zero-order chi connectivity index (χ0) is 6.15. The number of hydrazine groups is 1. The highest BCUT2D eigenvalue weighted by molar-refractivity contribution is 4.75. The van der Waals surface area contributed by atoms with Crippen molar-refractivity contribution in [3.63, 3.8) is 0 Å². The first-order valence-corrected chi connectivity index (χ1v) is 3.21. The molecule has 0 spiro atoms. The number of hydrogen-bond donors (Lipinski definition) is 1. The Balaban J connectivity index is 2.39. The lowest BCUT2D eigenvalue weighted by Crippen LogP contribution is -2.33. The molecule has 1 rings (SSSR count). The molecule has 0 bridgehead atoms. The summed E-state index contributed by atoms with van der Waals surface area (Å²) in [7, 11) is 0. The molecular formula is C6H14N2. The molecule has 2 N–H and O–H groups in total. The van der Waals surface area contributed by atoms with E-state index in [4.69, 9.17) is 5.84 Å². The maximum Gasteiger partial charge on any atom is 0.0216 e. The maximum absolute atomic E-state index is 5.60. The van der Waals surface area contributed by atoms with Crippen molar-refractivity contribution in [1.82, 2.24) is 5.01 Å². The molecule has 0 radical (unpaired) electrons. The Morgan fingerprint density at radius 3 is 2.25 bits per heavy atom. The van der Waals surface area contributed by atoms with Crippen molar-refractivity contribution in [2.45, 2.75) is 26.3 Å². The first-order chi connectivity index (χ1) is 3.70. The number of rotatable bonds is 0. The number of hydrogen-bond acceptors (Lipinski definition) is 2. The summed E-state index contributed by atoms with van der Waals surface area (Å²) in [6.45, 7) is 5.48. The first kappa shape index (κ1) is 6.05. The van der Waals surface area contributed by atoms with Gasteiger partial charge >= 0.3 is 0 Å². The lowest BCUT2D eigenvalue weighted by molar-refractivity contribution is 0.274. The Kier molecular flexibility index (Phi) is 1.54. The zero-order valence-corrected chi connectivity index (χ0v) is 5.59. The highest BCUT2D eigenvalue weighted by Crippen LogP contribution is 2.17. The Bertz CT molecular complexity index is 72.6. The Hall–Kier alpha value is -0.0800. The van der Waals surface area contributed by atoms with Crippen molar-refractivity contribution in [2.24, 2.45) is 11.8 Å². The average Bonchev–Trinajstić information content (AvgIpc) is 1.85. The summed E-state index contributed by atoms with van der Waals surface area (Å²) >= 11 is 0. The molecule has 48 valence electrons. The SMILES string of the molecule is C[C@H]1C[C@@H](C)N(N)C1. The molecule has 2 nitrogen and oxygen atoms in total. The van der Waals surface area contributed by atoms with Gasteiger partial charge in [0.25, 0.3) is 0 Å². The van der Waals surface area contributed by atoms with Gasteiger partial charge in [-0.2, -0.15) is 0 Å². The van der Waals surface area contributed by atoms with E-state index < -0.39 is 0 Å². The molecular weight excluding hydrogens is 100 g/mol. The third-order valence-corrected chi connectivity index (χ3v) is 1.83. The Morgan fingerprint density at radius 2 is 2.12 bits per heavy atom. The van der Waals surface area contributed by atoms with Crippen LogP contribution in [-0.4, -0.2) is 17.6 Å². The van der Waals surface area contributed by atoms with E-state index in [2.05, 4.69) is 13.8 Å². The fourth-order valence-electron chi connectivity index (χ4n) is 1.33. The average molecular weight is 114 g/mol. The summed E-state index contributed by atoms with van der Waals surface area (Å²) in [5.74, 6) is 6.40. The van der Waals surface area contributed by atoms with Crippen molar-refractivity contribution in [1.29, 1.82) is 0 Å². The normalized spacial score (nSPS) is 40.9. The smallest absolute Gasteiger partial charge is 0.0216 e. The van der Waals surface area contributed by atoms with E-state index in [0.717, 1.165) is 12.5 Å². The van der Waals surface area contributed by atoms with Gasteiger partial charge in [0.1, 0.15) is 0 Å². The van der Waals surface area contributed by atoms with Gasteiger partial charge in [0, 0.05) is 12.6 Å². The summed E-state index contributed by atoms with van der Waals surface area (Å²) < 4.78 is 0. The van der Waals surface area contributed by atoms with E-state index in [1.807, 2.05) is 5.01 Å². The molecule has 0 unspecified atom stereocenters. The van der Waals surface area contributed by atoms with Crippen LogP contribution in [0.5, 0.6) is 0 Å². The number of nitrogens with zero attached hydrogens (tertiary/aromatic N) is 1. The topological polar surface area (TPSA) is 29.3 Å². The second-order valence-corrected chi connectivity index (χ2v) is 2.89. The highest BCUT2D eigenvalue weighted by Gasteiger charge is 2.22. The van der Waals surface area contributed by atoms with Crippen molar-refractivity contribution in [3.05, 3.63) is 0 Å². The molecule has 0 aliphatic carbocycles. The van der Waals surface area contributed by atoms with E-state index in [1.165, 1.54) is 6.42 Å². The van der Waals surface area contributed by atoms with E-state index in [1.54, 1.807) is 0 Å². The highest BCUT2D eigenvalue weighted by atomic mass is 15.4. The molecule has 1 saturated heterocycles. The van der Waals surface area contributed by atoms with Crippen LogP contribution >= 0.6 is 0 Å². The standard InChI is InChI=1S/C6H14N2/c1-5-3-6(2)8(7)4-5/h5-6H,3-4,7H2,1-2H3/t5-,6+/m0/s1. The molecule has 0 aromatic carbocycles. The van der Waals surface area contributed by atoms with Crippen molar-refractivity contribution >= 4 is 0 Å². The van der Waals surface area contributed by atoms with Gasteiger partial charge in [-0.05, 0) is 19.3 Å². The van der Waals surface area contributed by atoms with Gasteiger partial charge in [-0.3, -0.25) is 5.84 Å². The van der Waals surface area contributed by atoms with Gasteiger partial charge in [-0.15, -0.1) is 0 Å². The second-order valence-electron chi connectivity index (χ2n) is 2.89. The molecule has 0 saturated carbocycles. The molecule has 0 aromatic rings. The predicted molar refractivity (Wildman–Crippen MR) is 34.1 cm³/mol. The van der Waals surface area contributed by atoms with Crippen molar-refractivity contribution in [3.8, 4) is 0 Å². The van der Waals surface area contributed by atoms with Gasteiger partial charge < -0.3 is 0 Å². The summed E-state index contributed by atoms with van der Waals surface area (Å²) in [6.07, 6.45) is 1.26. The molecule has 8 heavy (non-hydrogen) atoms. The Labute approximate surface area is 50.6 Å². The van der Waals surface area contributed by atoms with Crippen LogP contribution in [0.2, 0.25) is 0 Å². The van der Waals surface area contributed by atoms with Crippen molar-refractivity contribution < 1.29 is 0 Å². The van der Waals surface area contributed by atoms with Crippen LogP contribution in [0.15, 0.2) is 0 Å². The summed E-state index contributed by atoms with van der Waals surface area (Å²) in [5, 5.41) is 1.92. The molecule has 0 aromatic heterocycles. The van der Waals surface area contributed by atoms with Gasteiger partial charge in [-0.1, -0.05) is 6.92 Å². The summed E-state index contributed by atoms with van der Waals surface area (Å²) in [4.78, 5) is 0. The van der Waals surface area contributed by atoms with Crippen LogP contribution in [0, 0.1) is 5.92 Å². The second kappa shape index (κ2) is 2.03. The Morgan fingerprint density at radius 1 is 1.50 bits per heavy atom. The monoisotopic (exact) mass is 114 g/mol. The van der Waals surface area contributed by atoms with Gasteiger partial charge in [-0.25, -0.2) is 5.01 Å². The molecule has 1 aliphatic rings. The molecule has 1 fully saturated rings. The van der Waals surface area contributed by atoms with E-state index >= 15 is 0 Å². The fourth-order valence-corrected chi connectivity index (χ4v) is 1.33. The van der Waals surface area contributed by atoms with Crippen LogP contribution in [0.25, 0.3) is 0 Å². The lowest BCUT2D eigenvalue weighted by Gasteiger charge is -2.11. The number of nitrogens with two attached hydrogens (primary N) is 1. The van der Waals surface area contributed by atoms with E-state index in [0.29, 0.717) is 6.04 Å². The van der Waals surface area contributed by atoms with E-state index in [9.17, 15) is 0 Å². The molecule has 2 heteroatoms. The molecule has 0 amide bonds. The predicted octanol–water partition coefficient (Wildman–Crippen LogP) is 0.590.